The normalized spacial score (nSPS) is 12.4. The van der Waals surface area contributed by atoms with Crippen molar-refractivity contribution in [3.05, 3.63) is 23.8 Å². The van der Waals surface area contributed by atoms with E-state index >= 15 is 0 Å². The molecule has 0 fully saturated rings. The summed E-state index contributed by atoms with van der Waals surface area (Å²) in [4.78, 5) is 27.9. The van der Waals surface area contributed by atoms with Gasteiger partial charge in [-0.15, -0.1) is 0 Å². The number of carbonyl (C=O) groups excluding carboxylic acids is 2. The Morgan fingerprint density at radius 2 is 2.00 bits per heavy atom. The second-order valence-electron chi connectivity index (χ2n) is 5.35. The summed E-state index contributed by atoms with van der Waals surface area (Å²) >= 11 is 1.43. The van der Waals surface area contributed by atoms with Crippen LogP contribution in [0.15, 0.2) is 18.2 Å². The van der Waals surface area contributed by atoms with Gasteiger partial charge < -0.3 is 10.6 Å². The Labute approximate surface area is 127 Å². The van der Waals surface area contributed by atoms with Crippen LogP contribution in [-0.4, -0.2) is 22.8 Å². The van der Waals surface area contributed by atoms with Crippen LogP contribution in [0, 0.1) is 12.8 Å². The lowest BCUT2D eigenvalue weighted by Gasteiger charge is -2.20. The summed E-state index contributed by atoms with van der Waals surface area (Å²) in [7, 11) is 0. The molecule has 1 aromatic carbocycles. The summed E-state index contributed by atoms with van der Waals surface area (Å²) in [6.45, 7) is 7.18. The number of hydrogen-bond donors (Lipinski definition) is 2. The Bertz CT molecular complexity index is 679. The average Bonchev–Trinajstić information content (AvgIpc) is 2.79. The molecule has 1 atom stereocenters. The number of amides is 2. The van der Waals surface area contributed by atoms with Gasteiger partial charge in [0.2, 0.25) is 11.8 Å². The van der Waals surface area contributed by atoms with Gasteiger partial charge in [-0.1, -0.05) is 37.3 Å². The molecule has 21 heavy (non-hydrogen) atoms. The van der Waals surface area contributed by atoms with Gasteiger partial charge in [-0.25, -0.2) is 4.98 Å². The van der Waals surface area contributed by atoms with Crippen molar-refractivity contribution in [2.24, 2.45) is 5.92 Å². The highest BCUT2D eigenvalue weighted by atomic mass is 32.1. The molecule has 2 N–H and O–H groups in total. The molecule has 0 spiro atoms. The number of anilines is 1. The second-order valence-corrected chi connectivity index (χ2v) is 6.38. The van der Waals surface area contributed by atoms with Crippen LogP contribution in [-0.2, 0) is 9.59 Å². The number of aromatic nitrogens is 1. The summed E-state index contributed by atoms with van der Waals surface area (Å²) < 4.78 is 1.03. The minimum atomic E-state index is -0.560. The molecule has 2 amide bonds. The van der Waals surface area contributed by atoms with Gasteiger partial charge in [0.25, 0.3) is 0 Å². The third-order valence-corrected chi connectivity index (χ3v) is 4.09. The quantitative estimate of drug-likeness (QED) is 0.912. The number of carbonyl (C=O) groups is 2. The van der Waals surface area contributed by atoms with E-state index in [1.54, 1.807) is 0 Å². The van der Waals surface area contributed by atoms with E-state index in [0.29, 0.717) is 5.13 Å². The number of benzene rings is 1. The fourth-order valence-electron chi connectivity index (χ4n) is 2.08. The largest absolute Gasteiger partial charge is 0.344 e. The van der Waals surface area contributed by atoms with Crippen molar-refractivity contribution < 1.29 is 9.59 Å². The van der Waals surface area contributed by atoms with E-state index in [-0.39, 0.29) is 17.7 Å². The number of nitrogens with zero attached hydrogens (tertiary/aromatic N) is 1. The fraction of sp³-hybridized carbons (Fsp3) is 0.400. The van der Waals surface area contributed by atoms with E-state index < -0.39 is 6.04 Å². The van der Waals surface area contributed by atoms with Crippen LogP contribution in [0.1, 0.15) is 26.3 Å². The molecular weight excluding hydrogens is 286 g/mol. The second kappa shape index (κ2) is 6.22. The Hall–Kier alpha value is -1.95. The third-order valence-electron chi connectivity index (χ3n) is 3.16. The van der Waals surface area contributed by atoms with Gasteiger partial charge in [0.05, 0.1) is 10.2 Å². The number of hydrogen-bond acceptors (Lipinski definition) is 4. The third kappa shape index (κ3) is 3.58. The van der Waals surface area contributed by atoms with E-state index in [1.165, 1.54) is 18.3 Å². The van der Waals surface area contributed by atoms with Crippen LogP contribution in [0.4, 0.5) is 5.13 Å². The van der Waals surface area contributed by atoms with Gasteiger partial charge in [-0.3, -0.25) is 9.59 Å². The van der Waals surface area contributed by atoms with E-state index in [0.717, 1.165) is 15.8 Å². The molecule has 5 nitrogen and oxygen atoms in total. The summed E-state index contributed by atoms with van der Waals surface area (Å²) in [5.74, 6) is -0.453. The maximum atomic E-state index is 12.3. The van der Waals surface area contributed by atoms with Gasteiger partial charge in [0.1, 0.15) is 6.04 Å². The SMILES string of the molecule is CC(=O)N[C@@H](C(=O)Nc1nc2c(C)cccc2s1)C(C)C. The standard InChI is InChI=1S/C15H19N3O2S/c1-8(2)12(16-10(4)19)14(20)18-15-17-13-9(3)6-5-7-11(13)21-15/h5-8,12H,1-4H3,(H,16,19)(H,17,18,20)/t12-/m1/s1. The first kappa shape index (κ1) is 15.4. The van der Waals surface area contributed by atoms with Crippen molar-refractivity contribution in [2.45, 2.75) is 33.7 Å². The molecule has 2 aromatic rings. The van der Waals surface area contributed by atoms with Crippen LogP contribution < -0.4 is 10.6 Å². The highest BCUT2D eigenvalue weighted by Crippen LogP contribution is 2.28. The van der Waals surface area contributed by atoms with E-state index in [1.807, 2.05) is 39.0 Å². The number of fused-ring (bicyclic) bond motifs is 1. The maximum absolute atomic E-state index is 12.3. The molecule has 0 bridgehead atoms. The number of para-hydroxylation sites is 1. The van der Waals surface area contributed by atoms with Gasteiger partial charge in [0.15, 0.2) is 5.13 Å². The van der Waals surface area contributed by atoms with Gasteiger partial charge in [-0.2, -0.15) is 0 Å². The lowest BCUT2D eigenvalue weighted by Crippen LogP contribution is -2.46. The fourth-order valence-corrected chi connectivity index (χ4v) is 3.02. The first-order chi connectivity index (χ1) is 9.88. The molecule has 0 radical (unpaired) electrons. The zero-order chi connectivity index (χ0) is 15.6. The van der Waals surface area contributed by atoms with Crippen molar-refractivity contribution in [2.75, 3.05) is 5.32 Å². The Balaban J connectivity index is 2.20. The van der Waals surface area contributed by atoms with Crippen molar-refractivity contribution in [3.63, 3.8) is 0 Å². The van der Waals surface area contributed by atoms with Gasteiger partial charge in [-0.05, 0) is 24.5 Å². The van der Waals surface area contributed by atoms with Crippen molar-refractivity contribution in [1.29, 1.82) is 0 Å². The van der Waals surface area contributed by atoms with Crippen LogP contribution in [0.2, 0.25) is 0 Å². The zero-order valence-corrected chi connectivity index (χ0v) is 13.4. The zero-order valence-electron chi connectivity index (χ0n) is 12.6. The van der Waals surface area contributed by atoms with Crippen LogP contribution in [0.5, 0.6) is 0 Å². The molecular formula is C15H19N3O2S. The van der Waals surface area contributed by atoms with Crippen molar-refractivity contribution in [3.8, 4) is 0 Å². The molecule has 0 aliphatic rings. The predicted molar refractivity (Wildman–Crippen MR) is 85.4 cm³/mol. The van der Waals surface area contributed by atoms with Crippen molar-refractivity contribution >= 4 is 38.5 Å². The first-order valence-corrected chi connectivity index (χ1v) is 7.64. The monoisotopic (exact) mass is 305 g/mol. The number of nitrogens with one attached hydrogen (secondary N) is 2. The van der Waals surface area contributed by atoms with Crippen LogP contribution in [0.25, 0.3) is 10.2 Å². The Kier molecular flexibility index (Phi) is 4.57. The molecule has 112 valence electrons. The van der Waals surface area contributed by atoms with Gasteiger partial charge >= 0.3 is 0 Å². The maximum Gasteiger partial charge on any atom is 0.248 e. The Morgan fingerprint density at radius 1 is 1.29 bits per heavy atom. The lowest BCUT2D eigenvalue weighted by molar-refractivity contribution is -0.126. The average molecular weight is 305 g/mol. The molecule has 0 unspecified atom stereocenters. The number of aryl methyl sites for hydroxylation is 1. The summed E-state index contributed by atoms with van der Waals surface area (Å²) in [6, 6.07) is 5.37. The minimum absolute atomic E-state index is 0.00464. The first-order valence-electron chi connectivity index (χ1n) is 6.82. The van der Waals surface area contributed by atoms with Gasteiger partial charge in [0, 0.05) is 6.92 Å². The van der Waals surface area contributed by atoms with Crippen LogP contribution in [0.3, 0.4) is 0 Å². The van der Waals surface area contributed by atoms with Crippen LogP contribution >= 0.6 is 11.3 Å². The number of rotatable bonds is 4. The molecule has 0 saturated heterocycles. The Morgan fingerprint density at radius 3 is 2.57 bits per heavy atom. The van der Waals surface area contributed by atoms with E-state index in [9.17, 15) is 9.59 Å². The molecule has 0 saturated carbocycles. The smallest absolute Gasteiger partial charge is 0.248 e. The lowest BCUT2D eigenvalue weighted by atomic mass is 10.0. The molecule has 1 aromatic heterocycles. The summed E-state index contributed by atoms with van der Waals surface area (Å²) in [5, 5.41) is 6.03. The summed E-state index contributed by atoms with van der Waals surface area (Å²) in [5.41, 5.74) is 1.98. The summed E-state index contributed by atoms with van der Waals surface area (Å²) in [6.07, 6.45) is 0. The topological polar surface area (TPSA) is 71.1 Å². The highest BCUT2D eigenvalue weighted by Gasteiger charge is 2.24. The van der Waals surface area contributed by atoms with E-state index in [4.69, 9.17) is 0 Å². The highest BCUT2D eigenvalue weighted by molar-refractivity contribution is 7.22. The number of thiazole rings is 1. The molecule has 1 heterocycles. The predicted octanol–water partition coefficient (Wildman–Crippen LogP) is 2.70. The minimum Gasteiger partial charge on any atom is -0.344 e. The molecule has 6 heteroatoms. The van der Waals surface area contributed by atoms with Crippen molar-refractivity contribution in [1.82, 2.24) is 10.3 Å². The van der Waals surface area contributed by atoms with E-state index in [2.05, 4.69) is 15.6 Å². The molecule has 2 rings (SSSR count). The molecule has 0 aliphatic carbocycles. The molecule has 0 aliphatic heterocycles.